The topological polar surface area (TPSA) is 61.9 Å². The number of hydrogen-bond acceptors (Lipinski definition) is 3. The third-order valence-electron chi connectivity index (χ3n) is 4.62. The van der Waals surface area contributed by atoms with Crippen molar-refractivity contribution in [2.24, 2.45) is 0 Å². The first-order valence-corrected chi connectivity index (χ1v) is 8.40. The molecule has 5 heteroatoms. The van der Waals surface area contributed by atoms with Gasteiger partial charge in [0, 0.05) is 12.7 Å². The minimum atomic E-state index is -0.0167. The Labute approximate surface area is 140 Å². The van der Waals surface area contributed by atoms with Gasteiger partial charge < -0.3 is 9.88 Å². The fraction of sp³-hybridized carbons (Fsp3) is 0.316. The maximum atomic E-state index is 12.9. The summed E-state index contributed by atoms with van der Waals surface area (Å²) in [5.41, 5.74) is 3.67. The molecule has 0 bridgehead atoms. The fourth-order valence-electron chi connectivity index (χ4n) is 3.40. The molecule has 1 saturated heterocycles. The number of likely N-dealkylation sites (tertiary alicyclic amines) is 1. The number of H-pyrrole nitrogens is 1. The highest BCUT2D eigenvalue weighted by molar-refractivity contribution is 5.92. The molecule has 1 atom stereocenters. The third-order valence-corrected chi connectivity index (χ3v) is 4.62. The van der Waals surface area contributed by atoms with Crippen molar-refractivity contribution in [3.8, 4) is 0 Å². The van der Waals surface area contributed by atoms with E-state index >= 15 is 0 Å². The van der Waals surface area contributed by atoms with Gasteiger partial charge in [-0.15, -0.1) is 0 Å². The second-order valence-electron chi connectivity index (χ2n) is 6.37. The molecular formula is C19H20N4O. The van der Waals surface area contributed by atoms with Gasteiger partial charge in [-0.2, -0.15) is 0 Å². The Bertz CT molecular complexity index is 871. The maximum absolute atomic E-state index is 12.9. The van der Waals surface area contributed by atoms with E-state index < -0.39 is 0 Å². The van der Waals surface area contributed by atoms with E-state index in [1.165, 1.54) is 5.56 Å². The van der Waals surface area contributed by atoms with Crippen molar-refractivity contribution in [3.63, 3.8) is 0 Å². The van der Waals surface area contributed by atoms with Crippen molar-refractivity contribution >= 4 is 16.9 Å². The number of rotatable bonds is 2. The molecular weight excluding hydrogens is 300 g/mol. The van der Waals surface area contributed by atoms with Crippen LogP contribution in [0.2, 0.25) is 0 Å². The number of aromatic amines is 1. The van der Waals surface area contributed by atoms with Crippen molar-refractivity contribution in [3.05, 3.63) is 59.7 Å². The number of carbonyl (C=O) groups is 1. The van der Waals surface area contributed by atoms with Gasteiger partial charge in [0.1, 0.15) is 11.5 Å². The molecule has 3 heterocycles. The molecule has 1 aromatic carbocycles. The first-order chi connectivity index (χ1) is 11.7. The zero-order valence-corrected chi connectivity index (χ0v) is 13.7. The SMILES string of the molecule is Cc1ccc2nc([C@@H]3CCCCN3C(=O)c3ccccn3)[nH]c2c1. The summed E-state index contributed by atoms with van der Waals surface area (Å²) in [5, 5.41) is 0. The van der Waals surface area contributed by atoms with Crippen molar-refractivity contribution in [1.82, 2.24) is 19.9 Å². The third kappa shape index (κ3) is 2.66. The summed E-state index contributed by atoms with van der Waals surface area (Å²) in [4.78, 5) is 27.2. The fourth-order valence-corrected chi connectivity index (χ4v) is 3.40. The molecule has 0 aliphatic carbocycles. The normalized spacial score (nSPS) is 18.0. The van der Waals surface area contributed by atoms with Crippen LogP contribution in [0.15, 0.2) is 42.6 Å². The number of aromatic nitrogens is 3. The average Bonchev–Trinajstić information content (AvgIpc) is 3.05. The average molecular weight is 320 g/mol. The second-order valence-corrected chi connectivity index (χ2v) is 6.37. The molecule has 0 spiro atoms. The molecule has 122 valence electrons. The van der Waals surface area contributed by atoms with Crippen LogP contribution in [0, 0.1) is 6.92 Å². The maximum Gasteiger partial charge on any atom is 0.273 e. The molecule has 1 N–H and O–H groups in total. The summed E-state index contributed by atoms with van der Waals surface area (Å²) < 4.78 is 0. The van der Waals surface area contributed by atoms with Gasteiger partial charge in [-0.25, -0.2) is 4.98 Å². The van der Waals surface area contributed by atoms with Gasteiger partial charge in [0.05, 0.1) is 17.1 Å². The van der Waals surface area contributed by atoms with E-state index in [9.17, 15) is 4.79 Å². The Kier molecular flexibility index (Phi) is 3.76. The number of fused-ring (bicyclic) bond motifs is 1. The Morgan fingerprint density at radius 2 is 2.17 bits per heavy atom. The van der Waals surface area contributed by atoms with Crippen molar-refractivity contribution in [1.29, 1.82) is 0 Å². The molecule has 24 heavy (non-hydrogen) atoms. The van der Waals surface area contributed by atoms with Gasteiger partial charge in [-0.1, -0.05) is 12.1 Å². The van der Waals surface area contributed by atoms with Crippen LogP contribution >= 0.6 is 0 Å². The molecule has 1 aliphatic rings. The van der Waals surface area contributed by atoms with Crippen molar-refractivity contribution in [2.45, 2.75) is 32.2 Å². The second kappa shape index (κ2) is 6.07. The summed E-state index contributed by atoms with van der Waals surface area (Å²) in [6.45, 7) is 2.81. The van der Waals surface area contributed by atoms with E-state index in [-0.39, 0.29) is 11.9 Å². The lowest BCUT2D eigenvalue weighted by molar-refractivity contribution is 0.0595. The molecule has 0 radical (unpaired) electrons. The van der Waals surface area contributed by atoms with Crippen molar-refractivity contribution in [2.75, 3.05) is 6.54 Å². The lowest BCUT2D eigenvalue weighted by atomic mass is 10.0. The van der Waals surface area contributed by atoms with E-state index in [0.29, 0.717) is 5.69 Å². The summed E-state index contributed by atoms with van der Waals surface area (Å²) in [6, 6.07) is 11.6. The minimum Gasteiger partial charge on any atom is -0.340 e. The minimum absolute atomic E-state index is 0.0130. The van der Waals surface area contributed by atoms with Crippen LogP contribution in [0.5, 0.6) is 0 Å². The largest absolute Gasteiger partial charge is 0.340 e. The highest BCUT2D eigenvalue weighted by atomic mass is 16.2. The molecule has 0 unspecified atom stereocenters. The smallest absolute Gasteiger partial charge is 0.273 e. The predicted molar refractivity (Wildman–Crippen MR) is 92.7 cm³/mol. The van der Waals surface area contributed by atoms with Gasteiger partial charge in [0.2, 0.25) is 0 Å². The number of nitrogens with one attached hydrogen (secondary N) is 1. The number of imidazole rings is 1. The van der Waals surface area contributed by atoms with Gasteiger partial charge >= 0.3 is 0 Å². The number of carbonyl (C=O) groups excluding carboxylic acids is 1. The summed E-state index contributed by atoms with van der Waals surface area (Å²) >= 11 is 0. The molecule has 5 nitrogen and oxygen atoms in total. The first-order valence-electron chi connectivity index (χ1n) is 8.40. The summed E-state index contributed by atoms with van der Waals surface area (Å²) in [5.74, 6) is 0.858. The Morgan fingerprint density at radius 3 is 3.00 bits per heavy atom. The van der Waals surface area contributed by atoms with Crippen LogP contribution in [0.4, 0.5) is 0 Å². The van der Waals surface area contributed by atoms with E-state index in [4.69, 9.17) is 4.98 Å². The van der Waals surface area contributed by atoms with Gasteiger partial charge in [0.15, 0.2) is 0 Å². The van der Waals surface area contributed by atoms with Gasteiger partial charge in [-0.05, 0) is 56.0 Å². The molecule has 3 aromatic rings. The number of piperidine rings is 1. The monoisotopic (exact) mass is 320 g/mol. The van der Waals surface area contributed by atoms with Crippen LogP contribution in [0.25, 0.3) is 11.0 Å². The van der Waals surface area contributed by atoms with E-state index in [2.05, 4.69) is 29.0 Å². The van der Waals surface area contributed by atoms with Crippen LogP contribution in [0.1, 0.15) is 47.2 Å². The number of aryl methyl sites for hydroxylation is 1. The van der Waals surface area contributed by atoms with Crippen LogP contribution in [0.3, 0.4) is 0 Å². The lowest BCUT2D eigenvalue weighted by Crippen LogP contribution is -2.39. The quantitative estimate of drug-likeness (QED) is 0.784. The predicted octanol–water partition coefficient (Wildman–Crippen LogP) is 3.63. The molecule has 1 aliphatic heterocycles. The highest BCUT2D eigenvalue weighted by Crippen LogP contribution is 2.31. The first kappa shape index (κ1) is 14.9. The Balaban J connectivity index is 1.69. The van der Waals surface area contributed by atoms with E-state index in [1.54, 1.807) is 12.3 Å². The summed E-state index contributed by atoms with van der Waals surface area (Å²) in [6.07, 6.45) is 4.72. The van der Waals surface area contributed by atoms with Crippen LogP contribution < -0.4 is 0 Å². The standard InChI is InChI=1S/C19H20N4O/c1-13-8-9-14-16(12-13)22-18(21-14)17-7-3-5-11-23(17)19(24)15-6-2-4-10-20-15/h2,4,6,8-10,12,17H,3,5,7,11H2,1H3,(H,21,22)/t17-/m0/s1. The van der Waals surface area contributed by atoms with Gasteiger partial charge in [0.25, 0.3) is 5.91 Å². The molecule has 1 amide bonds. The molecule has 1 fully saturated rings. The van der Waals surface area contributed by atoms with Crippen LogP contribution in [-0.4, -0.2) is 32.3 Å². The van der Waals surface area contributed by atoms with Gasteiger partial charge in [-0.3, -0.25) is 9.78 Å². The Morgan fingerprint density at radius 1 is 1.25 bits per heavy atom. The number of amides is 1. The Hall–Kier alpha value is -2.69. The summed E-state index contributed by atoms with van der Waals surface area (Å²) in [7, 11) is 0. The number of pyridine rings is 1. The number of nitrogens with zero attached hydrogens (tertiary/aromatic N) is 3. The lowest BCUT2D eigenvalue weighted by Gasteiger charge is -2.34. The zero-order chi connectivity index (χ0) is 16.5. The van der Waals surface area contributed by atoms with E-state index in [1.807, 2.05) is 23.1 Å². The number of hydrogen-bond donors (Lipinski definition) is 1. The number of benzene rings is 1. The molecule has 4 rings (SSSR count). The van der Waals surface area contributed by atoms with Crippen molar-refractivity contribution < 1.29 is 4.79 Å². The highest BCUT2D eigenvalue weighted by Gasteiger charge is 2.31. The van der Waals surface area contributed by atoms with Crippen LogP contribution in [-0.2, 0) is 0 Å². The molecule has 2 aromatic heterocycles. The zero-order valence-electron chi connectivity index (χ0n) is 13.7. The van der Waals surface area contributed by atoms with E-state index in [0.717, 1.165) is 42.7 Å². The molecule has 0 saturated carbocycles.